The van der Waals surface area contributed by atoms with Crippen molar-refractivity contribution in [3.63, 3.8) is 0 Å². The highest BCUT2D eigenvalue weighted by molar-refractivity contribution is 5.77. The zero-order chi connectivity index (χ0) is 24.7. The Hall–Kier alpha value is -4.20. The van der Waals surface area contributed by atoms with Crippen LogP contribution in [0.25, 0.3) is 11.1 Å². The van der Waals surface area contributed by atoms with E-state index in [0.29, 0.717) is 44.5 Å². The van der Waals surface area contributed by atoms with E-state index in [1.165, 1.54) is 0 Å². The first-order valence-corrected chi connectivity index (χ1v) is 12.0. The number of nitrogens with zero attached hydrogens (tertiary/aromatic N) is 2. The number of para-hydroxylation sites is 2. The molecule has 8 heteroatoms. The zero-order valence-corrected chi connectivity index (χ0v) is 20.1. The molecule has 1 atom stereocenters. The summed E-state index contributed by atoms with van der Waals surface area (Å²) in [5.41, 5.74) is 2.56. The lowest BCUT2D eigenvalue weighted by molar-refractivity contribution is -0.143. The number of ether oxygens (including phenoxy) is 4. The molecule has 1 aliphatic heterocycles. The number of benzene rings is 3. The lowest BCUT2D eigenvalue weighted by atomic mass is 10.2. The van der Waals surface area contributed by atoms with Crippen LogP contribution in [-0.2, 0) is 16.1 Å². The summed E-state index contributed by atoms with van der Waals surface area (Å²) >= 11 is 0. The van der Waals surface area contributed by atoms with Gasteiger partial charge in [-0.2, -0.15) is 4.98 Å². The number of hydrogen-bond acceptors (Lipinski definition) is 8. The predicted molar refractivity (Wildman–Crippen MR) is 135 cm³/mol. The van der Waals surface area contributed by atoms with E-state index in [-0.39, 0.29) is 5.97 Å². The van der Waals surface area contributed by atoms with Gasteiger partial charge < -0.3 is 28.3 Å². The highest BCUT2D eigenvalue weighted by Gasteiger charge is 2.28. The molecule has 1 aromatic heterocycles. The number of methoxy groups -OCH3 is 1. The summed E-state index contributed by atoms with van der Waals surface area (Å²) in [6.07, 6.45) is 0.768. The number of anilines is 1. The third-order valence-corrected chi connectivity index (χ3v) is 5.89. The van der Waals surface area contributed by atoms with Crippen LogP contribution in [-0.4, -0.2) is 43.9 Å². The van der Waals surface area contributed by atoms with E-state index in [9.17, 15) is 4.79 Å². The fourth-order valence-corrected chi connectivity index (χ4v) is 4.04. The minimum Gasteiger partial charge on any atom is -0.497 e. The largest absolute Gasteiger partial charge is 0.497 e. The topological polar surface area (TPSA) is 83.3 Å². The molecule has 0 saturated carbocycles. The molecule has 0 amide bonds. The van der Waals surface area contributed by atoms with Crippen molar-refractivity contribution in [2.24, 2.45) is 0 Å². The molecule has 1 aliphatic rings. The number of rotatable bonds is 11. The number of esters is 1. The second-order valence-corrected chi connectivity index (χ2v) is 8.47. The Labute approximate surface area is 209 Å². The van der Waals surface area contributed by atoms with Crippen molar-refractivity contribution in [2.45, 2.75) is 25.5 Å². The van der Waals surface area contributed by atoms with E-state index in [4.69, 9.17) is 28.3 Å². The van der Waals surface area contributed by atoms with Crippen LogP contribution in [0.3, 0.4) is 0 Å². The number of carbonyl (C=O) groups is 1. The molecule has 8 nitrogen and oxygen atoms in total. The summed E-state index contributed by atoms with van der Waals surface area (Å²) in [5.74, 6) is 1.90. The SMILES string of the molecule is COc1ccc(OCCCN(Cc2cccc(OC3CCOC3=O)c2)c2nc3ccccc3o2)cc1. The van der Waals surface area contributed by atoms with E-state index >= 15 is 0 Å². The second-order valence-electron chi connectivity index (χ2n) is 8.47. The van der Waals surface area contributed by atoms with E-state index < -0.39 is 6.10 Å². The molecular formula is C28H28N2O6. The lowest BCUT2D eigenvalue weighted by Gasteiger charge is -2.21. The molecule has 2 heterocycles. The first kappa shape index (κ1) is 23.5. The van der Waals surface area contributed by atoms with Crippen molar-refractivity contribution in [3.05, 3.63) is 78.4 Å². The van der Waals surface area contributed by atoms with Crippen molar-refractivity contribution < 1.29 is 28.2 Å². The van der Waals surface area contributed by atoms with E-state index in [1.54, 1.807) is 7.11 Å². The van der Waals surface area contributed by atoms with Gasteiger partial charge in [-0.1, -0.05) is 24.3 Å². The second kappa shape index (κ2) is 11.0. The Morgan fingerprint density at radius 2 is 1.83 bits per heavy atom. The molecular weight excluding hydrogens is 460 g/mol. The quantitative estimate of drug-likeness (QED) is 0.215. The van der Waals surface area contributed by atoms with E-state index in [2.05, 4.69) is 4.90 Å². The van der Waals surface area contributed by atoms with Crippen LogP contribution in [0.15, 0.2) is 77.2 Å². The van der Waals surface area contributed by atoms with Crippen LogP contribution in [0, 0.1) is 0 Å². The Kier molecular flexibility index (Phi) is 7.21. The Bertz CT molecular complexity index is 1270. The molecule has 36 heavy (non-hydrogen) atoms. The Morgan fingerprint density at radius 1 is 1.00 bits per heavy atom. The maximum atomic E-state index is 11.8. The molecule has 3 aromatic carbocycles. The van der Waals surface area contributed by atoms with Gasteiger partial charge in [-0.05, 0) is 60.5 Å². The van der Waals surface area contributed by atoms with Gasteiger partial charge in [0.25, 0.3) is 6.01 Å². The van der Waals surface area contributed by atoms with E-state index in [0.717, 1.165) is 34.6 Å². The minimum atomic E-state index is -0.552. The summed E-state index contributed by atoms with van der Waals surface area (Å²) < 4.78 is 28.0. The number of hydrogen-bond donors (Lipinski definition) is 0. The van der Waals surface area contributed by atoms with Crippen LogP contribution in [0.4, 0.5) is 6.01 Å². The summed E-state index contributed by atoms with van der Waals surface area (Å²) in [6.45, 7) is 2.16. The standard InChI is InChI=1S/C28H28N2O6/c1-32-21-10-12-22(13-11-21)33-16-5-15-30(28-29-24-8-2-3-9-25(24)36-28)19-20-6-4-7-23(18-20)35-26-14-17-34-27(26)31/h2-4,6-13,18,26H,5,14-17,19H2,1H3. The van der Waals surface area contributed by atoms with Crippen LogP contribution >= 0.6 is 0 Å². The number of carbonyl (C=O) groups excluding carboxylic acids is 1. The average Bonchev–Trinajstić information content (AvgIpc) is 3.52. The molecule has 1 unspecified atom stereocenters. The molecule has 0 radical (unpaired) electrons. The van der Waals surface area contributed by atoms with Crippen molar-refractivity contribution >= 4 is 23.1 Å². The van der Waals surface area contributed by atoms with Gasteiger partial charge >= 0.3 is 5.97 Å². The zero-order valence-electron chi connectivity index (χ0n) is 20.1. The molecule has 1 fully saturated rings. The van der Waals surface area contributed by atoms with Gasteiger partial charge in [0.2, 0.25) is 0 Å². The molecule has 0 bridgehead atoms. The average molecular weight is 489 g/mol. The number of aromatic nitrogens is 1. The maximum Gasteiger partial charge on any atom is 0.347 e. The molecule has 186 valence electrons. The van der Waals surface area contributed by atoms with Gasteiger partial charge in [-0.3, -0.25) is 0 Å². The van der Waals surface area contributed by atoms with Gasteiger partial charge in [0.05, 0.1) is 20.3 Å². The molecule has 0 spiro atoms. The van der Waals surface area contributed by atoms with Crippen molar-refractivity contribution in [1.82, 2.24) is 4.98 Å². The van der Waals surface area contributed by atoms with Gasteiger partial charge in [-0.15, -0.1) is 0 Å². The third-order valence-electron chi connectivity index (χ3n) is 5.89. The lowest BCUT2D eigenvalue weighted by Crippen LogP contribution is -2.26. The highest BCUT2D eigenvalue weighted by atomic mass is 16.6. The van der Waals surface area contributed by atoms with Crippen LogP contribution in [0.5, 0.6) is 17.2 Å². The number of fused-ring (bicyclic) bond motifs is 1. The monoisotopic (exact) mass is 488 g/mol. The van der Waals surface area contributed by atoms with Gasteiger partial charge in [0, 0.05) is 19.5 Å². The fourth-order valence-electron chi connectivity index (χ4n) is 4.04. The smallest absolute Gasteiger partial charge is 0.347 e. The molecule has 1 saturated heterocycles. The molecule has 0 aliphatic carbocycles. The van der Waals surface area contributed by atoms with Crippen LogP contribution in [0.2, 0.25) is 0 Å². The van der Waals surface area contributed by atoms with Crippen molar-refractivity contribution in [2.75, 3.05) is 31.8 Å². The number of oxazole rings is 1. The molecule has 5 rings (SSSR count). The normalized spacial score (nSPS) is 15.0. The Balaban J connectivity index is 1.27. The fraction of sp³-hybridized carbons (Fsp3) is 0.286. The summed E-state index contributed by atoms with van der Waals surface area (Å²) in [6, 6.07) is 23.5. The van der Waals surface area contributed by atoms with Crippen LogP contribution in [0.1, 0.15) is 18.4 Å². The third kappa shape index (κ3) is 5.71. The van der Waals surface area contributed by atoms with Crippen LogP contribution < -0.4 is 19.1 Å². The number of cyclic esters (lactones) is 1. The van der Waals surface area contributed by atoms with Crippen molar-refractivity contribution in [3.8, 4) is 17.2 Å². The summed E-state index contributed by atoms with van der Waals surface area (Å²) in [5, 5.41) is 0. The highest BCUT2D eigenvalue weighted by Crippen LogP contribution is 2.25. The Morgan fingerprint density at radius 3 is 2.61 bits per heavy atom. The maximum absolute atomic E-state index is 11.8. The van der Waals surface area contributed by atoms with Gasteiger partial charge in [0.1, 0.15) is 22.8 Å². The van der Waals surface area contributed by atoms with Crippen molar-refractivity contribution in [1.29, 1.82) is 0 Å². The van der Waals surface area contributed by atoms with E-state index in [1.807, 2.05) is 72.8 Å². The summed E-state index contributed by atoms with van der Waals surface area (Å²) in [7, 11) is 1.64. The molecule has 0 N–H and O–H groups in total. The first-order chi connectivity index (χ1) is 17.7. The first-order valence-electron chi connectivity index (χ1n) is 12.0. The molecule has 4 aromatic rings. The van der Waals surface area contributed by atoms with Gasteiger partial charge in [-0.25, -0.2) is 4.79 Å². The minimum absolute atomic E-state index is 0.314. The predicted octanol–water partition coefficient (Wildman–Crippen LogP) is 5.01. The van der Waals surface area contributed by atoms with Gasteiger partial charge in [0.15, 0.2) is 11.7 Å². The summed E-state index contributed by atoms with van der Waals surface area (Å²) in [4.78, 5) is 18.6.